The Morgan fingerprint density at radius 2 is 1.60 bits per heavy atom. The van der Waals surface area contributed by atoms with E-state index >= 15 is 0 Å². The van der Waals surface area contributed by atoms with Crippen LogP contribution in [0.2, 0.25) is 0 Å². The molecule has 2 saturated heterocycles. The van der Waals surface area contributed by atoms with Crippen molar-refractivity contribution < 1.29 is 4.79 Å². The molecule has 0 radical (unpaired) electrons. The smallest absolute Gasteiger partial charge is 0.236 e. The number of rotatable bonds is 5. The van der Waals surface area contributed by atoms with Crippen LogP contribution in [0.3, 0.4) is 0 Å². The Hall–Kier alpha value is -0.610. The van der Waals surface area contributed by atoms with Crippen molar-refractivity contribution in [3.8, 4) is 0 Å². The van der Waals surface area contributed by atoms with Gasteiger partial charge in [-0.25, -0.2) is 0 Å². The van der Waals surface area contributed by atoms with Crippen LogP contribution in [0.4, 0.5) is 0 Å². The summed E-state index contributed by atoms with van der Waals surface area (Å²) in [7, 11) is 0. The lowest BCUT2D eigenvalue weighted by molar-refractivity contribution is -0.132. The number of carbonyl (C=O) groups is 1. The molecule has 2 fully saturated rings. The molecule has 0 atom stereocenters. The second kappa shape index (κ2) is 7.99. The lowest BCUT2D eigenvalue weighted by atomic mass is 10.00. The van der Waals surface area contributed by atoms with Crippen LogP contribution in [0.5, 0.6) is 0 Å². The first-order valence-electron chi connectivity index (χ1n) is 8.48. The zero-order valence-corrected chi connectivity index (χ0v) is 13.3. The van der Waals surface area contributed by atoms with Gasteiger partial charge in [0.05, 0.1) is 6.54 Å². The highest BCUT2D eigenvalue weighted by Gasteiger charge is 2.26. The predicted octanol–water partition coefficient (Wildman–Crippen LogP) is 1.81. The molecule has 2 aliphatic rings. The van der Waals surface area contributed by atoms with E-state index in [4.69, 9.17) is 0 Å². The molecule has 116 valence electrons. The summed E-state index contributed by atoms with van der Waals surface area (Å²) in [5.74, 6) is 0.298. The Bertz CT molecular complexity index is 290. The molecule has 0 aromatic heterocycles. The summed E-state index contributed by atoms with van der Waals surface area (Å²) in [5.41, 5.74) is 0. The predicted molar refractivity (Wildman–Crippen MR) is 82.8 cm³/mol. The first-order chi connectivity index (χ1) is 9.74. The highest BCUT2D eigenvalue weighted by molar-refractivity contribution is 5.78. The summed E-state index contributed by atoms with van der Waals surface area (Å²) in [5, 5.41) is 0. The number of piperidine rings is 2. The van der Waals surface area contributed by atoms with Crippen LogP contribution in [-0.4, -0.2) is 72.5 Å². The average molecular weight is 281 g/mol. The van der Waals surface area contributed by atoms with Gasteiger partial charge in [0.25, 0.3) is 0 Å². The molecule has 4 nitrogen and oxygen atoms in total. The molecule has 2 heterocycles. The molecule has 2 rings (SSSR count). The molecule has 0 spiro atoms. The van der Waals surface area contributed by atoms with Gasteiger partial charge in [-0.15, -0.1) is 0 Å². The maximum Gasteiger partial charge on any atom is 0.236 e. The van der Waals surface area contributed by atoms with E-state index in [0.29, 0.717) is 12.5 Å². The van der Waals surface area contributed by atoms with Crippen molar-refractivity contribution in [3.05, 3.63) is 0 Å². The highest BCUT2D eigenvalue weighted by Crippen LogP contribution is 2.20. The van der Waals surface area contributed by atoms with Crippen LogP contribution in [0.25, 0.3) is 0 Å². The molecule has 0 aliphatic carbocycles. The average Bonchev–Trinajstić information content (AvgIpc) is 2.50. The van der Waals surface area contributed by atoms with Crippen molar-refractivity contribution in [2.75, 3.05) is 45.8 Å². The second-order valence-electron chi connectivity index (χ2n) is 6.17. The van der Waals surface area contributed by atoms with Crippen LogP contribution in [0.15, 0.2) is 0 Å². The summed E-state index contributed by atoms with van der Waals surface area (Å²) in [6, 6.07) is 0.773. The maximum atomic E-state index is 12.1. The van der Waals surface area contributed by atoms with Crippen molar-refractivity contribution in [1.82, 2.24) is 14.7 Å². The van der Waals surface area contributed by atoms with E-state index in [2.05, 4.69) is 23.6 Å². The van der Waals surface area contributed by atoms with E-state index in [1.54, 1.807) is 0 Å². The van der Waals surface area contributed by atoms with Crippen LogP contribution < -0.4 is 0 Å². The molecule has 0 bridgehead atoms. The van der Waals surface area contributed by atoms with Gasteiger partial charge >= 0.3 is 0 Å². The fourth-order valence-electron chi connectivity index (χ4n) is 3.59. The third kappa shape index (κ3) is 4.19. The third-order valence-electron chi connectivity index (χ3n) is 4.94. The monoisotopic (exact) mass is 281 g/mol. The van der Waals surface area contributed by atoms with E-state index in [0.717, 1.165) is 32.2 Å². The van der Waals surface area contributed by atoms with Crippen molar-refractivity contribution in [1.29, 1.82) is 0 Å². The van der Waals surface area contributed by atoms with Gasteiger partial charge in [0.15, 0.2) is 0 Å². The van der Waals surface area contributed by atoms with Gasteiger partial charge < -0.3 is 9.80 Å². The fourth-order valence-corrected chi connectivity index (χ4v) is 3.59. The summed E-state index contributed by atoms with van der Waals surface area (Å²) >= 11 is 0. The van der Waals surface area contributed by atoms with Crippen molar-refractivity contribution in [2.24, 2.45) is 0 Å². The normalized spacial score (nSPS) is 22.9. The minimum absolute atomic E-state index is 0.298. The molecule has 0 saturated carbocycles. The van der Waals surface area contributed by atoms with Gasteiger partial charge in [-0.1, -0.05) is 6.42 Å². The summed E-state index contributed by atoms with van der Waals surface area (Å²) in [6.45, 7) is 11.2. The van der Waals surface area contributed by atoms with Gasteiger partial charge in [0, 0.05) is 32.2 Å². The van der Waals surface area contributed by atoms with Crippen LogP contribution >= 0.6 is 0 Å². The lowest BCUT2D eigenvalue weighted by Gasteiger charge is -2.40. The Balaban J connectivity index is 1.72. The molecule has 0 N–H and O–H groups in total. The number of likely N-dealkylation sites (N-methyl/N-ethyl adjacent to an activating group) is 1. The van der Waals surface area contributed by atoms with Crippen molar-refractivity contribution in [3.63, 3.8) is 0 Å². The summed E-state index contributed by atoms with van der Waals surface area (Å²) in [4.78, 5) is 19.1. The summed E-state index contributed by atoms with van der Waals surface area (Å²) < 4.78 is 0. The first-order valence-corrected chi connectivity index (χ1v) is 8.48. The highest BCUT2D eigenvalue weighted by atomic mass is 16.2. The number of hydrogen-bond acceptors (Lipinski definition) is 3. The summed E-state index contributed by atoms with van der Waals surface area (Å²) in [6.07, 6.45) is 6.64. The number of likely N-dealkylation sites (tertiary alicyclic amines) is 2. The maximum absolute atomic E-state index is 12.1. The molecule has 1 amide bonds. The molecular weight excluding hydrogens is 250 g/mol. The first kappa shape index (κ1) is 15.8. The SMILES string of the molecule is CCN(CC)C(=O)CN1CCC(N2CCCCC2)CC1. The molecular formula is C16H31N3O. The van der Waals surface area contributed by atoms with E-state index in [1.165, 1.54) is 45.2 Å². The largest absolute Gasteiger partial charge is 0.342 e. The van der Waals surface area contributed by atoms with E-state index in [9.17, 15) is 4.79 Å². The molecule has 0 unspecified atom stereocenters. The Morgan fingerprint density at radius 1 is 1.00 bits per heavy atom. The number of hydrogen-bond donors (Lipinski definition) is 0. The Morgan fingerprint density at radius 3 is 2.15 bits per heavy atom. The Kier molecular flexibility index (Phi) is 6.30. The number of amides is 1. The quantitative estimate of drug-likeness (QED) is 0.769. The fraction of sp³-hybridized carbons (Fsp3) is 0.938. The van der Waals surface area contributed by atoms with Crippen LogP contribution in [0, 0.1) is 0 Å². The lowest BCUT2D eigenvalue weighted by Crippen LogP contribution is -2.49. The number of nitrogens with zero attached hydrogens (tertiary/aromatic N) is 3. The minimum atomic E-state index is 0.298. The van der Waals surface area contributed by atoms with Crippen LogP contribution in [-0.2, 0) is 4.79 Å². The van der Waals surface area contributed by atoms with Gasteiger partial charge in [0.2, 0.25) is 5.91 Å². The molecule has 4 heteroatoms. The second-order valence-corrected chi connectivity index (χ2v) is 6.17. The minimum Gasteiger partial charge on any atom is -0.342 e. The van der Waals surface area contributed by atoms with E-state index < -0.39 is 0 Å². The van der Waals surface area contributed by atoms with Crippen LogP contribution in [0.1, 0.15) is 46.0 Å². The molecule has 0 aromatic rings. The zero-order valence-electron chi connectivity index (χ0n) is 13.3. The van der Waals surface area contributed by atoms with Gasteiger partial charge in [-0.3, -0.25) is 9.69 Å². The van der Waals surface area contributed by atoms with Gasteiger partial charge in [-0.05, 0) is 52.6 Å². The van der Waals surface area contributed by atoms with Crippen molar-refractivity contribution in [2.45, 2.75) is 52.0 Å². The van der Waals surface area contributed by atoms with Gasteiger partial charge in [0.1, 0.15) is 0 Å². The van der Waals surface area contributed by atoms with Gasteiger partial charge in [-0.2, -0.15) is 0 Å². The molecule has 20 heavy (non-hydrogen) atoms. The standard InChI is InChI=1S/C16H31N3O/c1-3-18(4-2)16(20)14-17-12-8-15(9-13-17)19-10-6-5-7-11-19/h15H,3-14H2,1-2H3. The molecule has 2 aliphatic heterocycles. The van der Waals surface area contributed by atoms with Crippen molar-refractivity contribution >= 4 is 5.91 Å². The topological polar surface area (TPSA) is 26.8 Å². The zero-order chi connectivity index (χ0) is 14.4. The molecule has 0 aromatic carbocycles. The van der Waals surface area contributed by atoms with E-state index in [-0.39, 0.29) is 0 Å². The van der Waals surface area contributed by atoms with E-state index in [1.807, 2.05) is 4.90 Å². The third-order valence-corrected chi connectivity index (χ3v) is 4.94. The Labute approximate surface area is 124 Å². The number of carbonyl (C=O) groups excluding carboxylic acids is 1.